The third-order valence-electron chi connectivity index (χ3n) is 5.80. The highest BCUT2D eigenvalue weighted by Gasteiger charge is 2.20. The summed E-state index contributed by atoms with van der Waals surface area (Å²) in [4.78, 5) is 31.3. The first-order valence-corrected chi connectivity index (χ1v) is 11.3. The minimum Gasteiger partial charge on any atom is -0.335 e. The molecule has 170 valence electrons. The number of hydrogen-bond donors (Lipinski definition) is 3. The summed E-state index contributed by atoms with van der Waals surface area (Å²) in [5.41, 5.74) is 3.14. The standard InChI is InChI=1S/C26H29N5O2/c32-25(21-5-2-1-3-6-21)28-23-7-4-8-24(19-23)30-26(33)29-22-12-17-31(18-13-22)16-11-20-9-14-27-15-10-20/h1-10,14-15,19,22H,11-13,16-18H2,(H,28,32)(H2,29,30,33). The summed E-state index contributed by atoms with van der Waals surface area (Å²) in [5.74, 6) is -0.187. The molecule has 0 spiro atoms. The Kier molecular flexibility index (Phi) is 7.66. The number of benzene rings is 2. The number of nitrogens with zero attached hydrogens (tertiary/aromatic N) is 2. The summed E-state index contributed by atoms with van der Waals surface area (Å²) in [6, 6.07) is 20.2. The summed E-state index contributed by atoms with van der Waals surface area (Å²) in [6.07, 6.45) is 6.53. The van der Waals surface area contributed by atoms with Gasteiger partial charge in [0.25, 0.3) is 5.91 Å². The molecule has 1 fully saturated rings. The lowest BCUT2D eigenvalue weighted by Gasteiger charge is -2.32. The molecule has 7 nitrogen and oxygen atoms in total. The fourth-order valence-corrected chi connectivity index (χ4v) is 3.96. The second-order valence-electron chi connectivity index (χ2n) is 8.22. The number of urea groups is 1. The number of carbonyl (C=O) groups excluding carboxylic acids is 2. The predicted molar refractivity (Wildman–Crippen MR) is 130 cm³/mol. The molecule has 3 amide bonds. The first-order chi connectivity index (χ1) is 16.2. The topological polar surface area (TPSA) is 86.4 Å². The van der Waals surface area contributed by atoms with E-state index in [9.17, 15) is 9.59 Å². The van der Waals surface area contributed by atoms with E-state index >= 15 is 0 Å². The van der Waals surface area contributed by atoms with Crippen LogP contribution in [0.25, 0.3) is 0 Å². The first kappa shape index (κ1) is 22.5. The largest absolute Gasteiger partial charge is 0.335 e. The van der Waals surface area contributed by atoms with E-state index in [2.05, 4.69) is 38.0 Å². The van der Waals surface area contributed by atoms with Crippen LogP contribution in [0.1, 0.15) is 28.8 Å². The Hall–Kier alpha value is -3.71. The Balaban J connectivity index is 1.21. The van der Waals surface area contributed by atoms with Gasteiger partial charge in [-0.1, -0.05) is 24.3 Å². The summed E-state index contributed by atoms with van der Waals surface area (Å²) >= 11 is 0. The maximum atomic E-state index is 12.5. The van der Waals surface area contributed by atoms with Crippen molar-refractivity contribution in [3.8, 4) is 0 Å². The molecule has 33 heavy (non-hydrogen) atoms. The van der Waals surface area contributed by atoms with Gasteiger partial charge in [0.1, 0.15) is 0 Å². The molecule has 0 saturated carbocycles. The number of carbonyl (C=O) groups is 2. The normalized spacial score (nSPS) is 14.4. The average molecular weight is 444 g/mol. The molecule has 2 aromatic carbocycles. The Labute approximate surface area is 194 Å². The van der Waals surface area contributed by atoms with E-state index in [-0.39, 0.29) is 18.0 Å². The number of aromatic nitrogens is 1. The lowest BCUT2D eigenvalue weighted by atomic mass is 10.0. The molecule has 1 aliphatic heterocycles. The van der Waals surface area contributed by atoms with Crippen molar-refractivity contribution in [2.24, 2.45) is 0 Å². The molecule has 0 aliphatic carbocycles. The summed E-state index contributed by atoms with van der Waals surface area (Å²) in [7, 11) is 0. The number of piperidine rings is 1. The number of rotatable bonds is 7. The van der Waals surface area contributed by atoms with E-state index in [1.165, 1.54) is 5.56 Å². The Morgan fingerprint density at radius 2 is 1.58 bits per heavy atom. The maximum Gasteiger partial charge on any atom is 0.319 e. The molecular weight excluding hydrogens is 414 g/mol. The van der Waals surface area contributed by atoms with Gasteiger partial charge in [-0.25, -0.2) is 4.79 Å². The zero-order valence-electron chi connectivity index (χ0n) is 18.5. The SMILES string of the molecule is O=C(Nc1cccc(NC(=O)c2ccccc2)c1)NC1CCN(CCc2ccncc2)CC1. The fraction of sp³-hybridized carbons (Fsp3) is 0.269. The molecule has 4 rings (SSSR count). The van der Waals surface area contributed by atoms with Gasteiger partial charge in [-0.3, -0.25) is 9.78 Å². The van der Waals surface area contributed by atoms with Crippen LogP contribution >= 0.6 is 0 Å². The summed E-state index contributed by atoms with van der Waals surface area (Å²) < 4.78 is 0. The molecule has 0 unspecified atom stereocenters. The number of amides is 3. The highest BCUT2D eigenvalue weighted by atomic mass is 16.2. The number of anilines is 2. The molecular formula is C26H29N5O2. The first-order valence-electron chi connectivity index (χ1n) is 11.3. The van der Waals surface area contributed by atoms with E-state index in [1.807, 2.05) is 30.6 Å². The zero-order chi connectivity index (χ0) is 22.9. The highest BCUT2D eigenvalue weighted by Crippen LogP contribution is 2.17. The van der Waals surface area contributed by atoms with Crippen molar-refractivity contribution >= 4 is 23.3 Å². The van der Waals surface area contributed by atoms with Gasteiger partial charge in [0.05, 0.1) is 0 Å². The van der Waals surface area contributed by atoms with E-state index in [1.54, 1.807) is 36.4 Å². The zero-order valence-corrected chi connectivity index (χ0v) is 18.5. The second-order valence-corrected chi connectivity index (χ2v) is 8.22. The second kappa shape index (κ2) is 11.2. The molecule has 0 radical (unpaired) electrons. The van der Waals surface area contributed by atoms with Gasteiger partial charge in [0, 0.05) is 55.0 Å². The number of hydrogen-bond acceptors (Lipinski definition) is 4. The van der Waals surface area contributed by atoms with Crippen molar-refractivity contribution in [3.63, 3.8) is 0 Å². The molecule has 3 aromatic rings. The van der Waals surface area contributed by atoms with Crippen molar-refractivity contribution < 1.29 is 9.59 Å². The van der Waals surface area contributed by atoms with Crippen LogP contribution in [0.15, 0.2) is 79.1 Å². The van der Waals surface area contributed by atoms with Crippen LogP contribution in [0.4, 0.5) is 16.2 Å². The molecule has 1 saturated heterocycles. The van der Waals surface area contributed by atoms with E-state index in [0.29, 0.717) is 16.9 Å². The average Bonchev–Trinajstić information content (AvgIpc) is 2.85. The van der Waals surface area contributed by atoms with Gasteiger partial charge >= 0.3 is 6.03 Å². The molecule has 3 N–H and O–H groups in total. The van der Waals surface area contributed by atoms with Gasteiger partial charge < -0.3 is 20.9 Å². The van der Waals surface area contributed by atoms with E-state index in [0.717, 1.165) is 38.9 Å². The van der Waals surface area contributed by atoms with Crippen molar-refractivity contribution in [1.82, 2.24) is 15.2 Å². The molecule has 1 aromatic heterocycles. The van der Waals surface area contributed by atoms with Gasteiger partial charge in [0.15, 0.2) is 0 Å². The molecule has 0 atom stereocenters. The maximum absolute atomic E-state index is 12.5. The van der Waals surface area contributed by atoms with Crippen LogP contribution < -0.4 is 16.0 Å². The molecule has 7 heteroatoms. The molecule has 1 aliphatic rings. The summed E-state index contributed by atoms with van der Waals surface area (Å²) in [5, 5.41) is 8.82. The highest BCUT2D eigenvalue weighted by molar-refractivity contribution is 6.04. The quantitative estimate of drug-likeness (QED) is 0.512. The van der Waals surface area contributed by atoms with Crippen LogP contribution in [0.3, 0.4) is 0 Å². The fourth-order valence-electron chi connectivity index (χ4n) is 3.96. The lowest BCUT2D eigenvalue weighted by molar-refractivity contribution is 0.102. The van der Waals surface area contributed by atoms with E-state index in [4.69, 9.17) is 0 Å². The van der Waals surface area contributed by atoms with Gasteiger partial charge in [-0.05, 0) is 67.3 Å². The monoisotopic (exact) mass is 443 g/mol. The van der Waals surface area contributed by atoms with Crippen molar-refractivity contribution in [1.29, 1.82) is 0 Å². The van der Waals surface area contributed by atoms with Gasteiger partial charge in [-0.15, -0.1) is 0 Å². The Morgan fingerprint density at radius 1 is 0.879 bits per heavy atom. The van der Waals surface area contributed by atoms with Crippen molar-refractivity contribution in [2.75, 3.05) is 30.3 Å². The smallest absolute Gasteiger partial charge is 0.319 e. The number of likely N-dealkylation sites (tertiary alicyclic amines) is 1. The van der Waals surface area contributed by atoms with Crippen LogP contribution in [0.5, 0.6) is 0 Å². The molecule has 2 heterocycles. The van der Waals surface area contributed by atoms with Crippen LogP contribution in [0.2, 0.25) is 0 Å². The van der Waals surface area contributed by atoms with Gasteiger partial charge in [-0.2, -0.15) is 0 Å². The predicted octanol–water partition coefficient (Wildman–Crippen LogP) is 4.16. The van der Waals surface area contributed by atoms with E-state index < -0.39 is 0 Å². The third-order valence-corrected chi connectivity index (χ3v) is 5.80. The van der Waals surface area contributed by atoms with Crippen LogP contribution in [-0.2, 0) is 6.42 Å². The minimum atomic E-state index is -0.225. The van der Waals surface area contributed by atoms with Crippen LogP contribution in [-0.4, -0.2) is 47.5 Å². The van der Waals surface area contributed by atoms with Crippen LogP contribution in [0, 0.1) is 0 Å². The van der Waals surface area contributed by atoms with Crippen molar-refractivity contribution in [2.45, 2.75) is 25.3 Å². The third kappa shape index (κ3) is 6.89. The van der Waals surface area contributed by atoms with Gasteiger partial charge in [0.2, 0.25) is 0 Å². The van der Waals surface area contributed by atoms with Crippen molar-refractivity contribution in [3.05, 3.63) is 90.3 Å². The molecule has 0 bridgehead atoms. The Morgan fingerprint density at radius 3 is 2.30 bits per heavy atom. The summed E-state index contributed by atoms with van der Waals surface area (Å²) in [6.45, 7) is 2.96. The Bertz CT molecular complexity index is 1050. The number of pyridine rings is 1. The lowest BCUT2D eigenvalue weighted by Crippen LogP contribution is -2.46. The minimum absolute atomic E-state index is 0.156. The number of nitrogens with one attached hydrogen (secondary N) is 3.